The highest BCUT2D eigenvalue weighted by molar-refractivity contribution is 5.87. The Labute approximate surface area is 151 Å². The molecule has 3 rings (SSSR count). The highest BCUT2D eigenvalue weighted by Crippen LogP contribution is 2.20. The molecule has 6 heteroatoms. The number of halogens is 1. The highest BCUT2D eigenvalue weighted by Gasteiger charge is 2.30. The lowest BCUT2D eigenvalue weighted by molar-refractivity contribution is -0.125. The Bertz CT molecular complexity index is 775. The van der Waals surface area contributed by atoms with Crippen LogP contribution >= 0.6 is 0 Å². The molecule has 0 aliphatic carbocycles. The zero-order chi connectivity index (χ0) is 18.5. The van der Waals surface area contributed by atoms with Crippen molar-refractivity contribution in [2.24, 2.45) is 0 Å². The Morgan fingerprint density at radius 2 is 1.73 bits per heavy atom. The average molecular weight is 356 g/mol. The van der Waals surface area contributed by atoms with Crippen molar-refractivity contribution < 1.29 is 19.1 Å². The van der Waals surface area contributed by atoms with Crippen LogP contribution in [-0.4, -0.2) is 34.5 Å². The van der Waals surface area contributed by atoms with Crippen molar-refractivity contribution in [3.8, 4) is 0 Å². The van der Waals surface area contributed by atoms with Gasteiger partial charge in [0.25, 0.3) is 0 Å². The van der Waals surface area contributed by atoms with Gasteiger partial charge in [-0.3, -0.25) is 9.69 Å². The molecule has 0 spiro atoms. The van der Waals surface area contributed by atoms with Crippen molar-refractivity contribution >= 4 is 11.9 Å². The minimum absolute atomic E-state index is 0.0353. The Balaban J connectivity index is 1.56. The maximum atomic E-state index is 13.0. The molecule has 1 heterocycles. The molecule has 1 fully saturated rings. The molecule has 0 aromatic heterocycles. The van der Waals surface area contributed by atoms with Gasteiger partial charge in [-0.05, 0) is 54.8 Å². The normalized spacial score (nSPS) is 17.2. The van der Waals surface area contributed by atoms with Gasteiger partial charge in [0.05, 0.1) is 11.6 Å². The highest BCUT2D eigenvalue weighted by atomic mass is 19.1. The summed E-state index contributed by atoms with van der Waals surface area (Å²) < 4.78 is 13.0. The molecule has 0 bridgehead atoms. The van der Waals surface area contributed by atoms with Crippen LogP contribution in [0.2, 0.25) is 0 Å². The van der Waals surface area contributed by atoms with E-state index in [2.05, 4.69) is 10.2 Å². The van der Waals surface area contributed by atoms with Crippen LogP contribution in [0.15, 0.2) is 48.5 Å². The lowest BCUT2D eigenvalue weighted by Gasteiger charge is -2.23. The summed E-state index contributed by atoms with van der Waals surface area (Å²) in [6.07, 6.45) is 1.75. The second kappa shape index (κ2) is 8.10. The fourth-order valence-corrected chi connectivity index (χ4v) is 3.21. The zero-order valence-corrected chi connectivity index (χ0v) is 14.3. The first-order chi connectivity index (χ1) is 12.5. The number of nitrogens with zero attached hydrogens (tertiary/aromatic N) is 1. The van der Waals surface area contributed by atoms with Crippen LogP contribution in [0.5, 0.6) is 0 Å². The number of nitrogens with one attached hydrogen (secondary N) is 1. The Hall–Kier alpha value is -2.73. The maximum absolute atomic E-state index is 13.0. The van der Waals surface area contributed by atoms with E-state index in [9.17, 15) is 14.0 Å². The topological polar surface area (TPSA) is 69.6 Å². The Morgan fingerprint density at radius 3 is 2.38 bits per heavy atom. The van der Waals surface area contributed by atoms with Gasteiger partial charge in [0.2, 0.25) is 5.91 Å². The summed E-state index contributed by atoms with van der Waals surface area (Å²) >= 11 is 0. The molecule has 1 unspecified atom stereocenters. The van der Waals surface area contributed by atoms with Crippen molar-refractivity contribution in [1.29, 1.82) is 0 Å². The van der Waals surface area contributed by atoms with Crippen molar-refractivity contribution in [1.82, 2.24) is 10.2 Å². The number of aromatic carboxylic acids is 1. The van der Waals surface area contributed by atoms with Gasteiger partial charge in [0.15, 0.2) is 0 Å². The fraction of sp³-hybridized carbons (Fsp3) is 0.300. The van der Waals surface area contributed by atoms with Gasteiger partial charge < -0.3 is 10.4 Å². The summed E-state index contributed by atoms with van der Waals surface area (Å²) in [5.41, 5.74) is 2.06. The number of amides is 1. The van der Waals surface area contributed by atoms with Crippen LogP contribution in [-0.2, 0) is 17.9 Å². The van der Waals surface area contributed by atoms with E-state index in [-0.39, 0.29) is 23.3 Å². The summed E-state index contributed by atoms with van der Waals surface area (Å²) in [6, 6.07) is 12.6. The fourth-order valence-electron chi connectivity index (χ4n) is 3.21. The van der Waals surface area contributed by atoms with E-state index in [0.29, 0.717) is 13.1 Å². The Kier molecular flexibility index (Phi) is 5.63. The molecule has 0 saturated carbocycles. The molecule has 136 valence electrons. The molecule has 1 aliphatic rings. The van der Waals surface area contributed by atoms with E-state index >= 15 is 0 Å². The van der Waals surface area contributed by atoms with E-state index in [4.69, 9.17) is 5.11 Å². The monoisotopic (exact) mass is 356 g/mol. The van der Waals surface area contributed by atoms with Gasteiger partial charge in [-0.15, -0.1) is 0 Å². The second-order valence-corrected chi connectivity index (χ2v) is 6.47. The Morgan fingerprint density at radius 1 is 1.08 bits per heavy atom. The number of carboxylic acids is 1. The number of carboxylic acid groups (broad SMARTS) is 1. The van der Waals surface area contributed by atoms with Crippen molar-refractivity contribution in [3.05, 3.63) is 71.0 Å². The predicted molar refractivity (Wildman–Crippen MR) is 95.1 cm³/mol. The first-order valence-electron chi connectivity index (χ1n) is 8.61. The largest absolute Gasteiger partial charge is 0.478 e. The quantitative estimate of drug-likeness (QED) is 0.835. The van der Waals surface area contributed by atoms with E-state index in [1.165, 1.54) is 24.3 Å². The molecule has 2 aromatic rings. The minimum atomic E-state index is -0.969. The van der Waals surface area contributed by atoms with Crippen LogP contribution in [0.25, 0.3) is 0 Å². The van der Waals surface area contributed by atoms with Crippen molar-refractivity contribution in [2.45, 2.75) is 32.0 Å². The molecule has 1 amide bonds. The molecule has 0 radical (unpaired) electrons. The van der Waals surface area contributed by atoms with Crippen LogP contribution in [0.3, 0.4) is 0 Å². The third-order valence-corrected chi connectivity index (χ3v) is 4.63. The van der Waals surface area contributed by atoms with Gasteiger partial charge in [0.1, 0.15) is 5.82 Å². The number of rotatable bonds is 6. The van der Waals surface area contributed by atoms with Crippen molar-refractivity contribution in [3.63, 3.8) is 0 Å². The molecule has 1 atom stereocenters. The lowest BCUT2D eigenvalue weighted by atomic mass is 10.1. The summed E-state index contributed by atoms with van der Waals surface area (Å²) in [6.45, 7) is 1.81. The maximum Gasteiger partial charge on any atom is 0.335 e. The van der Waals surface area contributed by atoms with Gasteiger partial charge >= 0.3 is 5.97 Å². The van der Waals surface area contributed by atoms with Crippen LogP contribution in [0.4, 0.5) is 4.39 Å². The summed E-state index contributed by atoms with van der Waals surface area (Å²) in [4.78, 5) is 25.5. The van der Waals surface area contributed by atoms with Crippen LogP contribution < -0.4 is 5.32 Å². The zero-order valence-electron chi connectivity index (χ0n) is 14.3. The van der Waals surface area contributed by atoms with Gasteiger partial charge in [-0.25, -0.2) is 9.18 Å². The van der Waals surface area contributed by atoms with E-state index < -0.39 is 5.97 Å². The van der Waals surface area contributed by atoms with Gasteiger partial charge in [0, 0.05) is 13.1 Å². The minimum Gasteiger partial charge on any atom is -0.478 e. The molecule has 2 N–H and O–H groups in total. The molecule has 5 nitrogen and oxygen atoms in total. The number of carbonyl (C=O) groups is 2. The first kappa shape index (κ1) is 18.1. The molecule has 1 aliphatic heterocycles. The van der Waals surface area contributed by atoms with E-state index in [0.717, 1.165) is 30.5 Å². The number of likely N-dealkylation sites (tertiary alicyclic amines) is 1. The molecule has 2 aromatic carbocycles. The average Bonchev–Trinajstić information content (AvgIpc) is 3.10. The molecular formula is C20H21FN2O3. The number of benzene rings is 2. The van der Waals surface area contributed by atoms with Gasteiger partial charge in [-0.2, -0.15) is 0 Å². The number of hydrogen-bond donors (Lipinski definition) is 2. The first-order valence-corrected chi connectivity index (χ1v) is 8.61. The lowest BCUT2D eigenvalue weighted by Crippen LogP contribution is -2.42. The third kappa shape index (κ3) is 4.46. The predicted octanol–water partition coefficient (Wildman–Crippen LogP) is 2.80. The smallest absolute Gasteiger partial charge is 0.335 e. The van der Waals surface area contributed by atoms with Crippen LogP contribution in [0.1, 0.15) is 34.3 Å². The van der Waals surface area contributed by atoms with Gasteiger partial charge in [-0.1, -0.05) is 24.3 Å². The molecule has 26 heavy (non-hydrogen) atoms. The summed E-state index contributed by atoms with van der Waals surface area (Å²) in [5.74, 6) is -1.27. The van der Waals surface area contributed by atoms with Crippen LogP contribution in [0, 0.1) is 5.82 Å². The SMILES string of the molecule is O=C(O)c1ccc(CNC(=O)C2CCCN2Cc2ccc(F)cc2)cc1. The third-order valence-electron chi connectivity index (χ3n) is 4.63. The number of carbonyl (C=O) groups excluding carboxylic acids is 1. The van der Waals surface area contributed by atoms with E-state index in [1.807, 2.05) is 0 Å². The summed E-state index contributed by atoms with van der Waals surface area (Å²) in [7, 11) is 0. The van der Waals surface area contributed by atoms with Crippen molar-refractivity contribution in [2.75, 3.05) is 6.54 Å². The molecule has 1 saturated heterocycles. The summed E-state index contributed by atoms with van der Waals surface area (Å²) in [5, 5.41) is 11.8. The molecular weight excluding hydrogens is 335 g/mol. The van der Waals surface area contributed by atoms with E-state index in [1.54, 1.807) is 24.3 Å². The number of hydrogen-bond acceptors (Lipinski definition) is 3. The standard InChI is InChI=1S/C20H21FN2O3/c21-17-9-5-15(6-10-17)13-23-11-1-2-18(23)19(24)22-12-14-3-7-16(8-4-14)20(25)26/h3-10,18H,1-2,11-13H2,(H,22,24)(H,25,26). The second-order valence-electron chi connectivity index (χ2n) is 6.47.